The number of amides is 4. The summed E-state index contributed by atoms with van der Waals surface area (Å²) in [6.07, 6.45) is 0.823. The second-order valence-corrected chi connectivity index (χ2v) is 15.7. The number of ether oxygens (including phenoxy) is 2. The SMILES string of the molecule is CC(C)(C)OC(=O)NCCC1CCN(C(=O)C(Cc2cccc(C#N)c2)NS(=O)(=O)c2cccc(NC(=O)CCNC(=O)OCc3ccccc3)c2)CC1. The zero-order valence-corrected chi connectivity index (χ0v) is 31.6. The summed E-state index contributed by atoms with van der Waals surface area (Å²) in [5.74, 6) is -0.602. The summed E-state index contributed by atoms with van der Waals surface area (Å²) in [5, 5.41) is 17.3. The highest BCUT2D eigenvalue weighted by molar-refractivity contribution is 7.89. The number of hydrogen-bond acceptors (Lipinski definition) is 9. The van der Waals surface area contributed by atoms with Gasteiger partial charge in [0.15, 0.2) is 0 Å². The summed E-state index contributed by atoms with van der Waals surface area (Å²) in [5.41, 5.74) is 1.43. The predicted molar refractivity (Wildman–Crippen MR) is 201 cm³/mol. The molecule has 14 nitrogen and oxygen atoms in total. The second-order valence-electron chi connectivity index (χ2n) is 14.0. The van der Waals surface area contributed by atoms with Crippen molar-refractivity contribution in [2.45, 2.75) is 76.0 Å². The third-order valence-corrected chi connectivity index (χ3v) is 9.97. The molecule has 4 rings (SSSR count). The van der Waals surface area contributed by atoms with Crippen LogP contribution in [0.15, 0.2) is 83.8 Å². The van der Waals surface area contributed by atoms with Crippen LogP contribution in [0.3, 0.4) is 0 Å². The quantitative estimate of drug-likeness (QED) is 0.167. The maximum Gasteiger partial charge on any atom is 0.407 e. The van der Waals surface area contributed by atoms with Crippen LogP contribution in [0.4, 0.5) is 15.3 Å². The minimum atomic E-state index is -4.28. The third kappa shape index (κ3) is 13.8. The molecule has 1 heterocycles. The van der Waals surface area contributed by atoms with Gasteiger partial charge in [-0.05, 0) is 93.8 Å². The largest absolute Gasteiger partial charge is 0.445 e. The van der Waals surface area contributed by atoms with Crippen LogP contribution >= 0.6 is 0 Å². The van der Waals surface area contributed by atoms with E-state index in [1.165, 1.54) is 24.3 Å². The lowest BCUT2D eigenvalue weighted by atomic mass is 9.93. The summed E-state index contributed by atoms with van der Waals surface area (Å²) >= 11 is 0. The summed E-state index contributed by atoms with van der Waals surface area (Å²) in [6.45, 7) is 6.72. The van der Waals surface area contributed by atoms with E-state index in [4.69, 9.17) is 9.47 Å². The fraction of sp³-hybridized carbons (Fsp3) is 0.410. The molecule has 15 heteroatoms. The number of rotatable bonds is 15. The fourth-order valence-corrected chi connectivity index (χ4v) is 7.04. The van der Waals surface area contributed by atoms with E-state index in [1.54, 1.807) is 49.9 Å². The van der Waals surface area contributed by atoms with Gasteiger partial charge in [-0.1, -0.05) is 48.5 Å². The number of anilines is 1. The Morgan fingerprint density at radius 1 is 0.889 bits per heavy atom. The van der Waals surface area contributed by atoms with Crippen LogP contribution < -0.4 is 20.7 Å². The monoisotopic (exact) mass is 760 g/mol. The van der Waals surface area contributed by atoms with E-state index in [0.717, 1.165) is 5.56 Å². The van der Waals surface area contributed by atoms with Gasteiger partial charge in [0.1, 0.15) is 18.2 Å². The Morgan fingerprint density at radius 2 is 1.57 bits per heavy atom. The first kappa shape index (κ1) is 41.3. The van der Waals surface area contributed by atoms with E-state index in [0.29, 0.717) is 50.0 Å². The smallest absolute Gasteiger partial charge is 0.407 e. The highest BCUT2D eigenvalue weighted by Gasteiger charge is 2.32. The molecule has 1 unspecified atom stereocenters. The number of benzene rings is 3. The number of nitrogens with zero attached hydrogens (tertiary/aromatic N) is 2. The van der Waals surface area contributed by atoms with Crippen LogP contribution in [0.5, 0.6) is 0 Å². The maximum absolute atomic E-state index is 13.9. The van der Waals surface area contributed by atoms with Crippen molar-refractivity contribution in [3.8, 4) is 6.07 Å². The van der Waals surface area contributed by atoms with Crippen molar-refractivity contribution in [2.24, 2.45) is 5.92 Å². The van der Waals surface area contributed by atoms with Gasteiger partial charge in [-0.2, -0.15) is 9.98 Å². The molecule has 3 aromatic carbocycles. The number of sulfonamides is 1. The number of alkyl carbamates (subject to hydrolysis) is 2. The molecule has 0 saturated carbocycles. The van der Waals surface area contributed by atoms with Gasteiger partial charge in [0.2, 0.25) is 21.8 Å². The van der Waals surface area contributed by atoms with Gasteiger partial charge in [-0.25, -0.2) is 18.0 Å². The molecule has 1 aliphatic rings. The zero-order chi connectivity index (χ0) is 39.1. The van der Waals surface area contributed by atoms with Gasteiger partial charge in [0.05, 0.1) is 16.5 Å². The molecule has 0 aromatic heterocycles. The number of piperidine rings is 1. The summed E-state index contributed by atoms with van der Waals surface area (Å²) < 4.78 is 40.5. The lowest BCUT2D eigenvalue weighted by Gasteiger charge is -2.34. The third-order valence-electron chi connectivity index (χ3n) is 8.50. The molecule has 288 valence electrons. The molecule has 0 spiro atoms. The first-order valence-electron chi connectivity index (χ1n) is 17.8. The fourth-order valence-electron chi connectivity index (χ4n) is 5.81. The maximum atomic E-state index is 13.9. The zero-order valence-electron chi connectivity index (χ0n) is 30.8. The lowest BCUT2D eigenvalue weighted by molar-refractivity contribution is -0.134. The van der Waals surface area contributed by atoms with Crippen LogP contribution in [0, 0.1) is 17.2 Å². The minimum Gasteiger partial charge on any atom is -0.445 e. The van der Waals surface area contributed by atoms with Gasteiger partial charge >= 0.3 is 12.2 Å². The molecule has 1 saturated heterocycles. The van der Waals surface area contributed by atoms with Crippen LogP contribution in [0.25, 0.3) is 0 Å². The molecule has 0 radical (unpaired) electrons. The van der Waals surface area contributed by atoms with Gasteiger partial charge in [0.25, 0.3) is 0 Å². The van der Waals surface area contributed by atoms with Crippen molar-refractivity contribution in [3.05, 3.63) is 95.6 Å². The van der Waals surface area contributed by atoms with Crippen LogP contribution in [-0.2, 0) is 42.1 Å². The number of carbonyl (C=O) groups excluding carboxylic acids is 4. The van der Waals surface area contributed by atoms with Crippen molar-refractivity contribution < 1.29 is 37.1 Å². The molecule has 0 aliphatic carbocycles. The molecule has 4 N–H and O–H groups in total. The molecule has 54 heavy (non-hydrogen) atoms. The number of nitriles is 1. The highest BCUT2D eigenvalue weighted by atomic mass is 32.2. The van der Waals surface area contributed by atoms with Gasteiger partial charge < -0.3 is 30.3 Å². The Morgan fingerprint density at radius 3 is 2.28 bits per heavy atom. The number of nitrogens with one attached hydrogen (secondary N) is 4. The minimum absolute atomic E-state index is 0.00396. The van der Waals surface area contributed by atoms with Gasteiger partial charge in [-0.3, -0.25) is 9.59 Å². The van der Waals surface area contributed by atoms with E-state index in [-0.39, 0.29) is 42.5 Å². The Bertz CT molecular complexity index is 1900. The van der Waals surface area contributed by atoms with E-state index >= 15 is 0 Å². The molecule has 1 aliphatic heterocycles. The molecular formula is C39H48N6O8S. The summed E-state index contributed by atoms with van der Waals surface area (Å²) in [4.78, 5) is 52.1. The van der Waals surface area contributed by atoms with Crippen molar-refractivity contribution >= 4 is 39.7 Å². The Hall–Kier alpha value is -5.46. The van der Waals surface area contributed by atoms with E-state index in [9.17, 15) is 32.9 Å². The van der Waals surface area contributed by atoms with E-state index in [1.807, 2.05) is 30.3 Å². The highest BCUT2D eigenvalue weighted by Crippen LogP contribution is 2.23. The van der Waals surface area contributed by atoms with Crippen molar-refractivity contribution in [1.82, 2.24) is 20.3 Å². The topological polar surface area (TPSA) is 196 Å². The molecule has 4 amide bonds. The molecule has 1 atom stereocenters. The van der Waals surface area contributed by atoms with E-state index in [2.05, 4.69) is 26.7 Å². The summed E-state index contributed by atoms with van der Waals surface area (Å²) in [7, 11) is -4.28. The lowest BCUT2D eigenvalue weighted by Crippen LogP contribution is -2.51. The standard InChI is InChI=1S/C39H48N6O8S/c1-39(2,3)53-38(49)42-19-15-28-17-21-45(22-18-28)36(47)34(24-30-11-7-12-31(23-30)26-40)44-54(50,51)33-14-8-13-32(25-33)43-35(46)16-20-41-37(48)52-27-29-9-5-4-6-10-29/h4-14,23,25,28,34,44H,15-22,24,27H2,1-3H3,(H,41,48)(H,42,49)(H,43,46). The van der Waals surface area contributed by atoms with Crippen LogP contribution in [0.1, 0.15) is 63.1 Å². The normalized spacial score (nSPS) is 13.9. The molecular weight excluding hydrogens is 713 g/mol. The first-order chi connectivity index (χ1) is 25.7. The Kier molecular flexibility index (Phi) is 15.0. The van der Waals surface area contributed by atoms with Gasteiger partial charge in [-0.15, -0.1) is 0 Å². The number of hydrogen-bond donors (Lipinski definition) is 4. The Labute approximate surface area is 316 Å². The molecule has 1 fully saturated rings. The second kappa shape index (κ2) is 19.6. The number of likely N-dealkylation sites (tertiary alicyclic amines) is 1. The average Bonchev–Trinajstić information content (AvgIpc) is 3.13. The van der Waals surface area contributed by atoms with Crippen LogP contribution in [0.2, 0.25) is 0 Å². The van der Waals surface area contributed by atoms with Crippen molar-refractivity contribution in [1.29, 1.82) is 5.26 Å². The van der Waals surface area contributed by atoms with Gasteiger partial charge in [0, 0.05) is 38.3 Å². The van der Waals surface area contributed by atoms with E-state index < -0.39 is 45.7 Å². The summed E-state index contributed by atoms with van der Waals surface area (Å²) in [6, 6.07) is 22.3. The van der Waals surface area contributed by atoms with Crippen molar-refractivity contribution in [3.63, 3.8) is 0 Å². The molecule has 0 bridgehead atoms. The van der Waals surface area contributed by atoms with Crippen LogP contribution in [-0.4, -0.2) is 75.1 Å². The number of carbonyl (C=O) groups is 4. The first-order valence-corrected chi connectivity index (χ1v) is 19.3. The predicted octanol–water partition coefficient (Wildman–Crippen LogP) is 4.86. The molecule has 3 aromatic rings. The average molecular weight is 761 g/mol. The van der Waals surface area contributed by atoms with Crippen molar-refractivity contribution in [2.75, 3.05) is 31.5 Å². The Balaban J connectivity index is 1.35.